The van der Waals surface area contributed by atoms with Gasteiger partial charge in [0.2, 0.25) is 0 Å². The van der Waals surface area contributed by atoms with Crippen LogP contribution in [0.4, 0.5) is 0 Å². The van der Waals surface area contributed by atoms with Crippen LogP contribution in [0.5, 0.6) is 0 Å². The first-order valence-corrected chi connectivity index (χ1v) is 3.52. The van der Waals surface area contributed by atoms with Crippen LogP contribution < -0.4 is 0 Å². The lowest BCUT2D eigenvalue weighted by Gasteiger charge is -1.73. The fourth-order valence-electron chi connectivity index (χ4n) is 0.486. The molecule has 0 aliphatic heterocycles. The highest BCUT2D eigenvalue weighted by Crippen LogP contribution is 1.82. The summed E-state index contributed by atoms with van der Waals surface area (Å²) < 4.78 is 0. The van der Waals surface area contributed by atoms with E-state index in [0.29, 0.717) is 0 Å². The van der Waals surface area contributed by atoms with E-state index in [9.17, 15) is 0 Å². The zero-order valence-corrected chi connectivity index (χ0v) is 6.46. The quantitative estimate of drug-likeness (QED) is 0.518. The highest BCUT2D eigenvalue weighted by molar-refractivity contribution is 5.13. The van der Waals surface area contributed by atoms with E-state index in [1.54, 1.807) is 6.08 Å². The molecule has 0 fully saturated rings. The van der Waals surface area contributed by atoms with Gasteiger partial charge in [0.1, 0.15) is 0 Å². The van der Waals surface area contributed by atoms with Crippen molar-refractivity contribution >= 4 is 0 Å². The van der Waals surface area contributed by atoms with Gasteiger partial charge in [-0.15, -0.1) is 0 Å². The second kappa shape index (κ2) is 7.96. The highest BCUT2D eigenvalue weighted by Gasteiger charge is 1.61. The SMILES string of the molecule is C=C/C=C\C=CC=CCC. The van der Waals surface area contributed by atoms with Gasteiger partial charge in [0.05, 0.1) is 0 Å². The van der Waals surface area contributed by atoms with Crippen molar-refractivity contribution in [1.82, 2.24) is 0 Å². The summed E-state index contributed by atoms with van der Waals surface area (Å²) >= 11 is 0. The van der Waals surface area contributed by atoms with E-state index in [0.717, 1.165) is 6.42 Å². The maximum atomic E-state index is 3.56. The Balaban J connectivity index is 3.46. The van der Waals surface area contributed by atoms with Crippen molar-refractivity contribution in [2.75, 3.05) is 0 Å². The van der Waals surface area contributed by atoms with Gasteiger partial charge in [0, 0.05) is 0 Å². The summed E-state index contributed by atoms with van der Waals surface area (Å²) in [5.74, 6) is 0. The Bertz CT molecular complexity index is 147. The summed E-state index contributed by atoms with van der Waals surface area (Å²) in [5, 5.41) is 0. The van der Waals surface area contributed by atoms with Gasteiger partial charge in [-0.05, 0) is 6.42 Å². The summed E-state index contributed by atoms with van der Waals surface area (Å²) in [6.45, 7) is 5.67. The predicted octanol–water partition coefficient (Wildman–Crippen LogP) is 3.25. The Hall–Kier alpha value is -1.04. The van der Waals surface area contributed by atoms with Crippen molar-refractivity contribution in [3.8, 4) is 0 Å². The lowest BCUT2D eigenvalue weighted by atomic mass is 10.3. The highest BCUT2D eigenvalue weighted by atomic mass is 13.7. The molecule has 0 atom stereocenters. The van der Waals surface area contributed by atoms with Gasteiger partial charge in [0.25, 0.3) is 0 Å². The topological polar surface area (TPSA) is 0 Å². The van der Waals surface area contributed by atoms with Crippen LogP contribution in [0.25, 0.3) is 0 Å². The first-order chi connectivity index (χ1) is 4.91. The van der Waals surface area contributed by atoms with Gasteiger partial charge in [-0.25, -0.2) is 0 Å². The van der Waals surface area contributed by atoms with Crippen molar-refractivity contribution < 1.29 is 0 Å². The third-order valence-electron chi connectivity index (χ3n) is 0.952. The molecular weight excluding hydrogens is 120 g/mol. The minimum atomic E-state index is 1.09. The van der Waals surface area contributed by atoms with Gasteiger partial charge < -0.3 is 0 Å². The van der Waals surface area contributed by atoms with Crippen molar-refractivity contribution in [2.24, 2.45) is 0 Å². The third kappa shape index (κ3) is 6.96. The second-order valence-corrected chi connectivity index (χ2v) is 1.84. The molecule has 0 unspecified atom stereocenters. The Kier molecular flexibility index (Phi) is 7.13. The van der Waals surface area contributed by atoms with Crippen LogP contribution >= 0.6 is 0 Å². The lowest BCUT2D eigenvalue weighted by molar-refractivity contribution is 1.22. The van der Waals surface area contributed by atoms with Gasteiger partial charge in [-0.1, -0.05) is 56.0 Å². The standard InChI is InChI=1S/C10H14/c1-3-5-7-9-10-8-6-4-2/h3,5-10H,1,4H2,2H3/b7-5-,8-6?,10-9?. The first-order valence-electron chi connectivity index (χ1n) is 3.52. The monoisotopic (exact) mass is 134 g/mol. The molecule has 0 aromatic heterocycles. The molecule has 0 aromatic carbocycles. The molecule has 0 amide bonds. The maximum Gasteiger partial charge on any atom is -0.0376 e. The number of allylic oxidation sites excluding steroid dienone is 7. The van der Waals surface area contributed by atoms with E-state index in [4.69, 9.17) is 0 Å². The van der Waals surface area contributed by atoms with E-state index >= 15 is 0 Å². The molecule has 0 aliphatic rings. The third-order valence-corrected chi connectivity index (χ3v) is 0.952. The number of rotatable bonds is 4. The molecule has 0 saturated carbocycles. The predicted molar refractivity (Wildman–Crippen MR) is 47.9 cm³/mol. The minimum Gasteiger partial charge on any atom is -0.0991 e. The smallest absolute Gasteiger partial charge is 0.0376 e. The fourth-order valence-corrected chi connectivity index (χ4v) is 0.486. The molecule has 10 heavy (non-hydrogen) atoms. The normalized spacial score (nSPS) is 12.1. The van der Waals surface area contributed by atoms with Gasteiger partial charge in [-0.2, -0.15) is 0 Å². The first kappa shape index (κ1) is 8.96. The van der Waals surface area contributed by atoms with Gasteiger partial charge in [0.15, 0.2) is 0 Å². The summed E-state index contributed by atoms with van der Waals surface area (Å²) in [5.41, 5.74) is 0. The van der Waals surface area contributed by atoms with Crippen LogP contribution in [-0.2, 0) is 0 Å². The number of hydrogen-bond acceptors (Lipinski definition) is 0. The van der Waals surface area contributed by atoms with Crippen LogP contribution in [0.1, 0.15) is 13.3 Å². The minimum absolute atomic E-state index is 1.09. The molecule has 0 aromatic rings. The van der Waals surface area contributed by atoms with Crippen molar-refractivity contribution in [3.63, 3.8) is 0 Å². The Morgan fingerprint density at radius 1 is 1.00 bits per heavy atom. The summed E-state index contributed by atoms with van der Waals surface area (Å²) in [6, 6.07) is 0. The molecule has 0 aliphatic carbocycles. The average Bonchev–Trinajstić information content (AvgIpc) is 1.97. The molecular formula is C10H14. The fraction of sp³-hybridized carbons (Fsp3) is 0.200. The number of hydrogen-bond donors (Lipinski definition) is 0. The maximum absolute atomic E-state index is 3.56. The molecule has 0 spiro atoms. The zero-order valence-electron chi connectivity index (χ0n) is 6.46. The molecule has 0 nitrogen and oxygen atoms in total. The molecule has 0 rings (SSSR count). The van der Waals surface area contributed by atoms with Crippen LogP contribution in [0.15, 0.2) is 49.1 Å². The van der Waals surface area contributed by atoms with Crippen molar-refractivity contribution in [3.05, 3.63) is 49.1 Å². The summed E-state index contributed by atoms with van der Waals surface area (Å²) in [4.78, 5) is 0. The molecule has 54 valence electrons. The summed E-state index contributed by atoms with van der Waals surface area (Å²) in [7, 11) is 0. The van der Waals surface area contributed by atoms with E-state index in [1.165, 1.54) is 0 Å². The van der Waals surface area contributed by atoms with E-state index in [2.05, 4.69) is 19.6 Å². The van der Waals surface area contributed by atoms with Crippen LogP contribution in [-0.4, -0.2) is 0 Å². The molecule has 0 heterocycles. The van der Waals surface area contributed by atoms with Crippen molar-refractivity contribution in [1.29, 1.82) is 0 Å². The van der Waals surface area contributed by atoms with E-state index < -0.39 is 0 Å². The van der Waals surface area contributed by atoms with E-state index in [1.807, 2.05) is 30.4 Å². The second-order valence-electron chi connectivity index (χ2n) is 1.84. The molecule has 0 heteroatoms. The Morgan fingerprint density at radius 3 is 2.20 bits per heavy atom. The lowest BCUT2D eigenvalue weighted by Crippen LogP contribution is -1.51. The molecule has 0 radical (unpaired) electrons. The Morgan fingerprint density at radius 2 is 1.60 bits per heavy atom. The molecule has 0 saturated heterocycles. The van der Waals surface area contributed by atoms with Gasteiger partial charge >= 0.3 is 0 Å². The van der Waals surface area contributed by atoms with Crippen molar-refractivity contribution in [2.45, 2.75) is 13.3 Å². The average molecular weight is 134 g/mol. The van der Waals surface area contributed by atoms with Crippen LogP contribution in [0.3, 0.4) is 0 Å². The van der Waals surface area contributed by atoms with Crippen LogP contribution in [0, 0.1) is 0 Å². The molecule has 0 bridgehead atoms. The zero-order chi connectivity index (χ0) is 7.66. The summed E-state index contributed by atoms with van der Waals surface area (Å²) in [6.07, 6.45) is 14.8. The van der Waals surface area contributed by atoms with Crippen LogP contribution in [0.2, 0.25) is 0 Å². The largest absolute Gasteiger partial charge is 0.0991 e. The Labute approximate surface area is 63.3 Å². The van der Waals surface area contributed by atoms with Gasteiger partial charge in [-0.3, -0.25) is 0 Å². The van der Waals surface area contributed by atoms with E-state index in [-0.39, 0.29) is 0 Å². The molecule has 0 N–H and O–H groups in total.